The number of aromatic nitrogens is 2. The fraction of sp³-hybridized carbons (Fsp3) is 0.333. The van der Waals surface area contributed by atoms with Crippen LogP contribution < -0.4 is 14.8 Å². The first-order chi connectivity index (χ1) is 25.5. The molecule has 3 amide bonds. The van der Waals surface area contributed by atoms with Gasteiger partial charge in [-0.15, -0.1) is 0 Å². The van der Waals surface area contributed by atoms with Crippen molar-refractivity contribution < 1.29 is 38.9 Å². The molecule has 1 saturated heterocycles. The van der Waals surface area contributed by atoms with Gasteiger partial charge >= 0.3 is 0 Å². The maximum Gasteiger partial charge on any atom is 0.289 e. The second-order valence-electron chi connectivity index (χ2n) is 12.7. The maximum atomic E-state index is 13.2. The van der Waals surface area contributed by atoms with Gasteiger partial charge in [0.25, 0.3) is 5.24 Å². The molecule has 278 valence electrons. The lowest BCUT2D eigenvalue weighted by Crippen LogP contribution is -2.42. The van der Waals surface area contributed by atoms with Gasteiger partial charge in [0.15, 0.2) is 5.62 Å². The van der Waals surface area contributed by atoms with Gasteiger partial charge < -0.3 is 25.0 Å². The van der Waals surface area contributed by atoms with Gasteiger partial charge in [-0.1, -0.05) is 66.8 Å². The molecule has 5 rings (SSSR count). The third-order valence-corrected chi connectivity index (χ3v) is 10.8. The highest BCUT2D eigenvalue weighted by Gasteiger charge is 2.39. The van der Waals surface area contributed by atoms with Crippen LogP contribution in [-0.2, 0) is 40.2 Å². The lowest BCUT2D eigenvalue weighted by atomic mass is 9.99. The van der Waals surface area contributed by atoms with Crippen LogP contribution in [0.4, 0.5) is 4.79 Å². The number of rotatable bonds is 18. The number of nitrogens with one attached hydrogen (secondary N) is 1. The number of carbonyl (C=O) groups excluding carboxylic acids is 4. The Bertz CT molecular complexity index is 1860. The van der Waals surface area contributed by atoms with Crippen LogP contribution in [0.15, 0.2) is 85.2 Å². The number of aliphatic hydroxyl groups is 2. The first-order valence-electron chi connectivity index (χ1n) is 17.1. The van der Waals surface area contributed by atoms with E-state index in [0.29, 0.717) is 46.9 Å². The van der Waals surface area contributed by atoms with Gasteiger partial charge in [-0.3, -0.25) is 34.0 Å². The number of aryl methyl sites for hydroxylation is 1. The Morgan fingerprint density at radius 3 is 1.91 bits per heavy atom. The zero-order valence-corrected chi connectivity index (χ0v) is 31.3. The van der Waals surface area contributed by atoms with E-state index in [9.17, 15) is 29.4 Å². The van der Waals surface area contributed by atoms with Crippen molar-refractivity contribution in [3.63, 3.8) is 0 Å². The fourth-order valence-electron chi connectivity index (χ4n) is 5.62. The number of thioether (sulfide) groups is 2. The van der Waals surface area contributed by atoms with Crippen molar-refractivity contribution in [3.05, 3.63) is 119 Å². The predicted molar refractivity (Wildman–Crippen MR) is 203 cm³/mol. The van der Waals surface area contributed by atoms with Crippen LogP contribution in [0.2, 0.25) is 0 Å². The van der Waals surface area contributed by atoms with E-state index in [1.165, 1.54) is 18.1 Å². The Labute approximate surface area is 316 Å². The molecule has 4 unspecified atom stereocenters. The molecule has 12 nitrogen and oxygen atoms in total. The number of nitrogens with zero attached hydrogens (tertiary/aromatic N) is 3. The van der Waals surface area contributed by atoms with E-state index in [1.54, 1.807) is 67.7 Å². The fourth-order valence-corrected chi connectivity index (χ4v) is 7.32. The minimum atomic E-state index is -1.03. The predicted octanol–water partition coefficient (Wildman–Crippen LogP) is 5.04. The number of pyridine rings is 2. The number of amides is 3. The van der Waals surface area contributed by atoms with Crippen molar-refractivity contribution >= 4 is 46.2 Å². The maximum absolute atomic E-state index is 13.2. The van der Waals surface area contributed by atoms with Crippen molar-refractivity contribution in [1.82, 2.24) is 20.2 Å². The van der Waals surface area contributed by atoms with Crippen LogP contribution in [0.5, 0.6) is 11.5 Å². The zero-order chi connectivity index (χ0) is 38.0. The Morgan fingerprint density at radius 1 is 0.887 bits per heavy atom. The number of benzene rings is 2. The van der Waals surface area contributed by atoms with E-state index in [-0.39, 0.29) is 36.8 Å². The van der Waals surface area contributed by atoms with Gasteiger partial charge in [0, 0.05) is 19.4 Å². The number of ether oxygens (including phenoxy) is 2. The molecule has 14 heteroatoms. The summed E-state index contributed by atoms with van der Waals surface area (Å²) in [6, 6.07) is 21.4. The topological polar surface area (TPSA) is 168 Å². The van der Waals surface area contributed by atoms with Gasteiger partial charge in [0.1, 0.15) is 41.7 Å². The molecule has 0 bridgehead atoms. The van der Waals surface area contributed by atoms with E-state index in [2.05, 4.69) is 15.3 Å². The molecule has 2 aromatic carbocycles. The van der Waals surface area contributed by atoms with E-state index in [0.717, 1.165) is 46.6 Å². The van der Waals surface area contributed by atoms with Crippen molar-refractivity contribution in [2.24, 2.45) is 0 Å². The molecule has 0 saturated carbocycles. The summed E-state index contributed by atoms with van der Waals surface area (Å²) >= 11 is 1.91. The second-order valence-corrected chi connectivity index (χ2v) is 15.2. The van der Waals surface area contributed by atoms with E-state index >= 15 is 0 Å². The van der Waals surface area contributed by atoms with E-state index in [1.807, 2.05) is 25.1 Å². The van der Waals surface area contributed by atoms with Crippen LogP contribution in [0, 0.1) is 0 Å². The molecule has 1 aliphatic rings. The Morgan fingerprint density at radius 2 is 1.42 bits per heavy atom. The smallest absolute Gasteiger partial charge is 0.289 e. The third kappa shape index (κ3) is 10.4. The molecular weight excluding hydrogens is 717 g/mol. The van der Waals surface area contributed by atoms with Gasteiger partial charge in [0.05, 0.1) is 23.2 Å². The Hall–Kier alpha value is -4.76. The summed E-state index contributed by atoms with van der Waals surface area (Å²) < 4.78 is 10.5. The average molecular weight is 759 g/mol. The van der Waals surface area contributed by atoms with Gasteiger partial charge in [-0.05, 0) is 84.8 Å². The molecule has 2 aromatic heterocycles. The molecule has 4 atom stereocenters. The lowest BCUT2D eigenvalue weighted by Gasteiger charge is -2.24. The van der Waals surface area contributed by atoms with E-state index < -0.39 is 22.2 Å². The molecule has 0 spiro atoms. The summed E-state index contributed by atoms with van der Waals surface area (Å²) in [5.41, 5.74) is 5.01. The molecule has 53 heavy (non-hydrogen) atoms. The minimum absolute atomic E-state index is 0.0449. The SMILES string of the molecule is CCc1ccc(C(O)COc2ccc(CC3SC(=O)N(Cc4ccc(C(O)COc5ccc(CC(C)(SC=O)C(=O)NC)cc5)nc4)C3=O)cc2)nc1. The third-order valence-electron chi connectivity index (χ3n) is 8.77. The highest BCUT2D eigenvalue weighted by Crippen LogP contribution is 2.32. The minimum Gasteiger partial charge on any atom is -0.490 e. The summed E-state index contributed by atoms with van der Waals surface area (Å²) in [6.45, 7) is 3.79. The Balaban J connectivity index is 1.07. The number of imide groups is 1. The monoisotopic (exact) mass is 758 g/mol. The number of hydrogen-bond acceptors (Lipinski definition) is 12. The zero-order valence-electron chi connectivity index (χ0n) is 29.6. The summed E-state index contributed by atoms with van der Waals surface area (Å²) in [7, 11) is 1.53. The quantitative estimate of drug-likeness (QED) is 0.116. The number of aliphatic hydroxyl groups excluding tert-OH is 2. The van der Waals surface area contributed by atoms with Crippen LogP contribution in [0.1, 0.15) is 59.7 Å². The first kappa shape index (κ1) is 39.4. The van der Waals surface area contributed by atoms with Crippen molar-refractivity contribution in [2.75, 3.05) is 20.3 Å². The largest absolute Gasteiger partial charge is 0.490 e. The lowest BCUT2D eigenvalue weighted by molar-refractivity contribution is -0.127. The van der Waals surface area contributed by atoms with Crippen molar-refractivity contribution in [1.29, 1.82) is 0 Å². The molecule has 4 aromatic rings. The van der Waals surface area contributed by atoms with Crippen LogP contribution in [0.25, 0.3) is 0 Å². The molecule has 3 N–H and O–H groups in total. The molecule has 3 heterocycles. The molecule has 1 fully saturated rings. The summed E-state index contributed by atoms with van der Waals surface area (Å²) in [5.74, 6) is 0.551. The van der Waals surface area contributed by atoms with Gasteiger partial charge in [-0.25, -0.2) is 0 Å². The standard InChI is InChI=1S/C39H42N4O8S2/c1-4-25-9-15-31(41-19-25)33(45)22-50-29-11-5-26(6-12-29)17-35-36(47)43(38(49)53-35)21-28-10-16-32(42-20-28)34(46)23-51-30-13-7-27(8-14-30)18-39(2,52-24-44)37(48)40-3/h5-16,19-20,24,33-35,45-46H,4,17-18,21-23H2,1-3H3,(H,40,48). The highest BCUT2D eigenvalue weighted by molar-refractivity contribution is 8.15. The molecule has 1 aliphatic heterocycles. The average Bonchev–Trinajstić information content (AvgIpc) is 3.44. The Kier molecular flexibility index (Phi) is 13.6. The van der Waals surface area contributed by atoms with Crippen LogP contribution >= 0.6 is 23.5 Å². The molecule has 0 aliphatic carbocycles. The van der Waals surface area contributed by atoms with Crippen LogP contribution in [0.3, 0.4) is 0 Å². The molecule has 0 radical (unpaired) electrons. The summed E-state index contributed by atoms with van der Waals surface area (Å²) in [6.07, 6.45) is 2.95. The van der Waals surface area contributed by atoms with Crippen molar-refractivity contribution in [2.45, 2.75) is 61.9 Å². The number of hydrogen-bond donors (Lipinski definition) is 3. The van der Waals surface area contributed by atoms with Gasteiger partial charge in [-0.2, -0.15) is 0 Å². The first-order valence-corrected chi connectivity index (χ1v) is 18.8. The number of carbonyl (C=O) groups is 4. The van der Waals surface area contributed by atoms with Gasteiger partial charge in [0.2, 0.25) is 11.8 Å². The van der Waals surface area contributed by atoms with Crippen molar-refractivity contribution in [3.8, 4) is 11.5 Å². The second kappa shape index (κ2) is 18.3. The highest BCUT2D eigenvalue weighted by atomic mass is 32.2. The summed E-state index contributed by atoms with van der Waals surface area (Å²) in [5, 5.41) is 22.8. The molecular formula is C39H42N4O8S2. The normalized spacial score (nSPS) is 16.5. The van der Waals surface area contributed by atoms with Crippen LogP contribution in [-0.4, -0.2) is 78.0 Å². The summed E-state index contributed by atoms with van der Waals surface area (Å²) in [4.78, 5) is 59.3. The van der Waals surface area contributed by atoms with E-state index in [4.69, 9.17) is 9.47 Å².